The maximum atomic E-state index is 11.6. The molecule has 0 aromatic carbocycles. The summed E-state index contributed by atoms with van der Waals surface area (Å²) in [7, 11) is 0. The molecule has 2 rings (SSSR count). The summed E-state index contributed by atoms with van der Waals surface area (Å²) in [5, 5.41) is 1.99. The van der Waals surface area contributed by atoms with E-state index in [4.69, 9.17) is 0 Å². The molecule has 3 heteroatoms. The van der Waals surface area contributed by atoms with Gasteiger partial charge in [0.1, 0.15) is 0 Å². The summed E-state index contributed by atoms with van der Waals surface area (Å²) < 4.78 is 0. The molecule has 0 aliphatic heterocycles. The lowest BCUT2D eigenvalue weighted by Crippen LogP contribution is -1.97. The molecule has 2 heterocycles. The highest BCUT2D eigenvalue weighted by Gasteiger charge is 2.08. The Hall–Kier alpha value is -1.74. The number of thiophene rings is 1. The third-order valence-electron chi connectivity index (χ3n) is 2.15. The van der Waals surface area contributed by atoms with Crippen LogP contribution >= 0.6 is 11.3 Å². The topological polar surface area (TPSA) is 30.0 Å². The molecule has 0 aliphatic carbocycles. The molecule has 0 fully saturated rings. The molecule has 0 amide bonds. The van der Waals surface area contributed by atoms with Crippen LogP contribution < -0.4 is 0 Å². The van der Waals surface area contributed by atoms with Crippen molar-refractivity contribution in [1.82, 2.24) is 4.98 Å². The second-order valence-electron chi connectivity index (χ2n) is 3.34. The van der Waals surface area contributed by atoms with E-state index in [9.17, 15) is 4.79 Å². The molecule has 16 heavy (non-hydrogen) atoms. The zero-order valence-electron chi connectivity index (χ0n) is 8.88. The maximum absolute atomic E-state index is 11.6. The van der Waals surface area contributed by atoms with Gasteiger partial charge < -0.3 is 0 Å². The van der Waals surface area contributed by atoms with Gasteiger partial charge in [-0.15, -0.1) is 11.3 Å². The van der Waals surface area contributed by atoms with E-state index in [2.05, 4.69) is 4.98 Å². The largest absolute Gasteiger partial charge is 0.294 e. The van der Waals surface area contributed by atoms with Gasteiger partial charge in [0.05, 0.1) is 5.69 Å². The summed E-state index contributed by atoms with van der Waals surface area (Å²) in [4.78, 5) is 16.8. The molecule has 0 bridgehead atoms. The van der Waals surface area contributed by atoms with E-state index in [-0.39, 0.29) is 5.78 Å². The van der Waals surface area contributed by atoms with E-state index in [0.29, 0.717) is 5.57 Å². The summed E-state index contributed by atoms with van der Waals surface area (Å²) in [6.45, 7) is 1.56. The summed E-state index contributed by atoms with van der Waals surface area (Å²) >= 11 is 1.61. The Morgan fingerprint density at radius 2 is 2.19 bits per heavy atom. The van der Waals surface area contributed by atoms with Crippen molar-refractivity contribution in [3.05, 3.63) is 52.5 Å². The van der Waals surface area contributed by atoms with Crippen LogP contribution in [0.25, 0.3) is 11.6 Å². The highest BCUT2D eigenvalue weighted by Crippen LogP contribution is 2.19. The van der Waals surface area contributed by atoms with E-state index in [1.165, 1.54) is 0 Å². The fourth-order valence-electron chi connectivity index (χ4n) is 1.39. The van der Waals surface area contributed by atoms with Crippen molar-refractivity contribution in [2.45, 2.75) is 6.92 Å². The molecule has 2 nitrogen and oxygen atoms in total. The van der Waals surface area contributed by atoms with Crippen molar-refractivity contribution in [3.8, 4) is 0 Å². The number of hydrogen-bond acceptors (Lipinski definition) is 3. The van der Waals surface area contributed by atoms with Gasteiger partial charge in [0.25, 0.3) is 0 Å². The standard InChI is InChI=1S/C13H11NOS/c1-10(15)12(9-11-5-4-8-16-11)13-6-2-3-7-14-13/h2-9H,1H3/b12-9+. The second-order valence-corrected chi connectivity index (χ2v) is 4.32. The first-order chi connectivity index (χ1) is 7.77. The lowest BCUT2D eigenvalue weighted by atomic mass is 10.1. The number of hydrogen-bond donors (Lipinski definition) is 0. The number of aromatic nitrogens is 1. The number of Topliss-reactive ketones (excluding diaryl/α,β-unsaturated/α-hetero) is 1. The smallest absolute Gasteiger partial charge is 0.162 e. The molecule has 0 N–H and O–H groups in total. The van der Waals surface area contributed by atoms with Crippen LogP contribution in [0.3, 0.4) is 0 Å². The van der Waals surface area contributed by atoms with Gasteiger partial charge in [0, 0.05) is 16.6 Å². The molecule has 0 radical (unpaired) electrons. The van der Waals surface area contributed by atoms with Gasteiger partial charge in [-0.25, -0.2) is 0 Å². The van der Waals surface area contributed by atoms with E-state index in [1.54, 1.807) is 24.5 Å². The third-order valence-corrected chi connectivity index (χ3v) is 2.97. The van der Waals surface area contributed by atoms with Gasteiger partial charge in [0.2, 0.25) is 0 Å². The Balaban J connectivity index is 2.43. The fourth-order valence-corrected chi connectivity index (χ4v) is 2.05. The quantitative estimate of drug-likeness (QED) is 0.756. The fraction of sp³-hybridized carbons (Fsp3) is 0.0769. The van der Waals surface area contributed by atoms with Crippen molar-refractivity contribution in [2.24, 2.45) is 0 Å². The van der Waals surface area contributed by atoms with Crippen molar-refractivity contribution in [1.29, 1.82) is 0 Å². The zero-order chi connectivity index (χ0) is 11.4. The molecule has 2 aromatic rings. The lowest BCUT2D eigenvalue weighted by Gasteiger charge is -2.01. The summed E-state index contributed by atoms with van der Waals surface area (Å²) in [6.07, 6.45) is 3.58. The molecule has 0 atom stereocenters. The van der Waals surface area contributed by atoms with Crippen molar-refractivity contribution < 1.29 is 4.79 Å². The second kappa shape index (κ2) is 4.86. The van der Waals surface area contributed by atoms with Crippen LogP contribution in [0, 0.1) is 0 Å². The van der Waals surface area contributed by atoms with E-state index < -0.39 is 0 Å². The predicted molar refractivity (Wildman–Crippen MR) is 67.1 cm³/mol. The molecule has 0 aliphatic rings. The molecule has 0 unspecified atom stereocenters. The van der Waals surface area contributed by atoms with Gasteiger partial charge in [-0.2, -0.15) is 0 Å². The highest BCUT2D eigenvalue weighted by molar-refractivity contribution is 7.11. The van der Waals surface area contributed by atoms with Gasteiger partial charge >= 0.3 is 0 Å². The monoisotopic (exact) mass is 229 g/mol. The van der Waals surface area contributed by atoms with E-state index >= 15 is 0 Å². The van der Waals surface area contributed by atoms with E-state index in [0.717, 1.165) is 10.6 Å². The SMILES string of the molecule is CC(=O)/C(=C\c1cccs1)c1ccccn1. The summed E-state index contributed by atoms with van der Waals surface area (Å²) in [6, 6.07) is 9.52. The third kappa shape index (κ3) is 2.44. The van der Waals surface area contributed by atoms with Crippen molar-refractivity contribution >= 4 is 28.8 Å². The molecule has 0 spiro atoms. The molecule has 0 saturated carbocycles. The Morgan fingerprint density at radius 3 is 2.75 bits per heavy atom. The summed E-state index contributed by atoms with van der Waals surface area (Å²) in [5.74, 6) is 0.0344. The minimum atomic E-state index is 0.0344. The van der Waals surface area contributed by atoms with Crippen LogP contribution in [0.1, 0.15) is 17.5 Å². The van der Waals surface area contributed by atoms with Gasteiger partial charge in [-0.1, -0.05) is 12.1 Å². The molecular formula is C13H11NOS. The van der Waals surface area contributed by atoms with Crippen LogP contribution in [-0.4, -0.2) is 10.8 Å². The zero-order valence-corrected chi connectivity index (χ0v) is 9.70. The average molecular weight is 229 g/mol. The van der Waals surface area contributed by atoms with Crippen LogP contribution in [0.5, 0.6) is 0 Å². The molecule has 0 saturated heterocycles. The minimum absolute atomic E-state index is 0.0344. The average Bonchev–Trinajstić information content (AvgIpc) is 2.79. The number of rotatable bonds is 3. The maximum Gasteiger partial charge on any atom is 0.162 e. The van der Waals surface area contributed by atoms with Gasteiger partial charge in [-0.3, -0.25) is 9.78 Å². The number of allylic oxidation sites excluding steroid dienone is 1. The van der Waals surface area contributed by atoms with Gasteiger partial charge in [0.15, 0.2) is 5.78 Å². The minimum Gasteiger partial charge on any atom is -0.294 e. The Bertz CT molecular complexity index is 500. The van der Waals surface area contributed by atoms with Crippen LogP contribution in [-0.2, 0) is 4.79 Å². The van der Waals surface area contributed by atoms with E-state index in [1.807, 2.05) is 41.8 Å². The number of carbonyl (C=O) groups is 1. The number of carbonyl (C=O) groups excluding carboxylic acids is 1. The normalized spacial score (nSPS) is 11.4. The van der Waals surface area contributed by atoms with Crippen molar-refractivity contribution in [3.63, 3.8) is 0 Å². The first-order valence-corrected chi connectivity index (χ1v) is 5.83. The molecular weight excluding hydrogens is 218 g/mol. The highest BCUT2D eigenvalue weighted by atomic mass is 32.1. The summed E-state index contributed by atoms with van der Waals surface area (Å²) in [5.41, 5.74) is 1.38. The van der Waals surface area contributed by atoms with Gasteiger partial charge in [-0.05, 0) is 36.6 Å². The van der Waals surface area contributed by atoms with Crippen LogP contribution in [0.2, 0.25) is 0 Å². The van der Waals surface area contributed by atoms with Crippen LogP contribution in [0.4, 0.5) is 0 Å². The Kier molecular flexibility index (Phi) is 3.27. The predicted octanol–water partition coefficient (Wildman–Crippen LogP) is 3.27. The lowest BCUT2D eigenvalue weighted by molar-refractivity contribution is -0.111. The number of pyridine rings is 1. The Labute approximate surface area is 98.3 Å². The van der Waals surface area contributed by atoms with Crippen LogP contribution in [0.15, 0.2) is 41.9 Å². The first kappa shape index (κ1) is 10.8. The van der Waals surface area contributed by atoms with Crippen molar-refractivity contribution in [2.75, 3.05) is 0 Å². The molecule has 80 valence electrons. The number of ketones is 1. The molecule has 2 aromatic heterocycles. The number of nitrogens with zero attached hydrogens (tertiary/aromatic N) is 1. The Morgan fingerprint density at radius 1 is 1.31 bits per heavy atom. The first-order valence-electron chi connectivity index (χ1n) is 4.95.